The smallest absolute Gasteiger partial charge is 0.260 e. The average Bonchev–Trinajstić information content (AvgIpc) is 2.78. The van der Waals surface area contributed by atoms with Crippen LogP contribution >= 0.6 is 0 Å². The number of nitrogens with zero attached hydrogens (tertiary/aromatic N) is 2. The van der Waals surface area contributed by atoms with Crippen LogP contribution in [0.1, 0.15) is 45.6 Å². The summed E-state index contributed by atoms with van der Waals surface area (Å²) >= 11 is 0. The maximum Gasteiger partial charge on any atom is 0.260 e. The highest BCUT2D eigenvalue weighted by molar-refractivity contribution is 7.89. The largest absolute Gasteiger partial charge is 0.310 e. The molecule has 6 nitrogen and oxygen atoms in total. The molecule has 1 unspecified atom stereocenters. The monoisotopic (exact) mass is 314 g/mol. The zero-order valence-corrected chi connectivity index (χ0v) is 13.9. The molecule has 1 aromatic rings. The Balaban J connectivity index is 2.17. The van der Waals surface area contributed by atoms with Gasteiger partial charge in [-0.05, 0) is 25.2 Å². The van der Waals surface area contributed by atoms with Crippen molar-refractivity contribution in [1.82, 2.24) is 19.8 Å². The molecule has 0 bridgehead atoms. The molecule has 1 saturated heterocycles. The molecule has 0 aromatic carbocycles. The molecule has 2 N–H and O–H groups in total. The summed E-state index contributed by atoms with van der Waals surface area (Å²) in [4.78, 5) is 0. The van der Waals surface area contributed by atoms with Crippen molar-refractivity contribution in [2.45, 2.75) is 57.6 Å². The Morgan fingerprint density at radius 1 is 1.43 bits per heavy atom. The highest BCUT2D eigenvalue weighted by Crippen LogP contribution is 2.23. The Hall–Kier alpha value is -0.920. The van der Waals surface area contributed by atoms with Crippen molar-refractivity contribution in [1.29, 1.82) is 0 Å². The van der Waals surface area contributed by atoms with E-state index in [0.29, 0.717) is 37.2 Å². The van der Waals surface area contributed by atoms with Crippen molar-refractivity contribution in [2.75, 3.05) is 13.1 Å². The first-order chi connectivity index (χ1) is 9.91. The molecule has 2 rings (SSSR count). The van der Waals surface area contributed by atoms with Crippen LogP contribution in [0.15, 0.2) is 11.2 Å². The van der Waals surface area contributed by atoms with Gasteiger partial charge >= 0.3 is 0 Å². The van der Waals surface area contributed by atoms with Gasteiger partial charge in [0.2, 0.25) is 0 Å². The van der Waals surface area contributed by atoms with Gasteiger partial charge in [-0.3, -0.25) is 5.10 Å². The Morgan fingerprint density at radius 3 is 2.90 bits per heavy atom. The molecule has 1 aromatic heterocycles. The van der Waals surface area contributed by atoms with Crippen LogP contribution in [0.4, 0.5) is 0 Å². The lowest BCUT2D eigenvalue weighted by Crippen LogP contribution is -2.33. The van der Waals surface area contributed by atoms with Crippen molar-refractivity contribution in [3.8, 4) is 0 Å². The fourth-order valence-electron chi connectivity index (χ4n) is 2.57. The van der Waals surface area contributed by atoms with Gasteiger partial charge in [-0.2, -0.15) is 9.40 Å². The van der Waals surface area contributed by atoms with Gasteiger partial charge in [0.05, 0.1) is 6.20 Å². The third kappa shape index (κ3) is 4.05. The summed E-state index contributed by atoms with van der Waals surface area (Å²) in [7, 11) is -3.47. The molecule has 1 aliphatic heterocycles. The molecule has 2 heterocycles. The predicted molar refractivity (Wildman–Crippen MR) is 82.3 cm³/mol. The highest BCUT2D eigenvalue weighted by Gasteiger charge is 2.30. The van der Waals surface area contributed by atoms with Gasteiger partial charge < -0.3 is 5.32 Å². The van der Waals surface area contributed by atoms with Gasteiger partial charge in [0.25, 0.3) is 10.0 Å². The lowest BCUT2D eigenvalue weighted by atomic mass is 10.0. The van der Waals surface area contributed by atoms with Crippen LogP contribution in [0.5, 0.6) is 0 Å². The molecule has 0 radical (unpaired) electrons. The number of hydrogen-bond donors (Lipinski definition) is 2. The topological polar surface area (TPSA) is 78.1 Å². The zero-order valence-electron chi connectivity index (χ0n) is 13.1. The molecular weight excluding hydrogens is 288 g/mol. The third-order valence-corrected chi connectivity index (χ3v) is 5.87. The first-order valence-electron chi connectivity index (χ1n) is 7.67. The van der Waals surface area contributed by atoms with Gasteiger partial charge in [0.1, 0.15) is 0 Å². The molecule has 0 amide bonds. The Morgan fingerprint density at radius 2 is 2.19 bits per heavy atom. The van der Waals surface area contributed by atoms with Gasteiger partial charge in [0, 0.05) is 31.2 Å². The van der Waals surface area contributed by atoms with Crippen LogP contribution in [0.25, 0.3) is 0 Å². The van der Waals surface area contributed by atoms with Crippen molar-refractivity contribution < 1.29 is 8.42 Å². The molecule has 0 aliphatic carbocycles. The predicted octanol–water partition coefficient (Wildman–Crippen LogP) is 1.72. The maximum absolute atomic E-state index is 12.8. The van der Waals surface area contributed by atoms with E-state index in [1.807, 2.05) is 13.8 Å². The molecule has 120 valence electrons. The van der Waals surface area contributed by atoms with Crippen LogP contribution in [-0.4, -0.2) is 42.1 Å². The van der Waals surface area contributed by atoms with Crippen LogP contribution in [0, 0.1) is 5.92 Å². The zero-order chi connectivity index (χ0) is 15.5. The molecule has 7 heteroatoms. The Kier molecular flexibility index (Phi) is 5.40. The van der Waals surface area contributed by atoms with Crippen molar-refractivity contribution >= 4 is 10.0 Å². The number of hydrogen-bond acceptors (Lipinski definition) is 4. The fraction of sp³-hybridized carbons (Fsp3) is 0.786. The third-order valence-electron chi connectivity index (χ3n) is 3.95. The van der Waals surface area contributed by atoms with Crippen molar-refractivity contribution in [3.63, 3.8) is 0 Å². The van der Waals surface area contributed by atoms with Gasteiger partial charge in [-0.1, -0.05) is 20.8 Å². The lowest BCUT2D eigenvalue weighted by Gasteiger charge is -2.20. The van der Waals surface area contributed by atoms with Crippen molar-refractivity contribution in [2.24, 2.45) is 5.92 Å². The molecule has 21 heavy (non-hydrogen) atoms. The van der Waals surface area contributed by atoms with E-state index in [0.717, 1.165) is 19.3 Å². The summed E-state index contributed by atoms with van der Waals surface area (Å²) in [6.07, 6.45) is 4.54. The first-order valence-corrected chi connectivity index (χ1v) is 9.11. The lowest BCUT2D eigenvalue weighted by molar-refractivity contribution is 0.413. The van der Waals surface area contributed by atoms with E-state index in [2.05, 4.69) is 22.4 Å². The minimum Gasteiger partial charge on any atom is -0.310 e. The van der Waals surface area contributed by atoms with Gasteiger partial charge in [0.15, 0.2) is 5.03 Å². The SMILES string of the molecule is CC1CCCN(S(=O)(=O)c2[nH]ncc2CNC(C)C)CC1. The summed E-state index contributed by atoms with van der Waals surface area (Å²) in [6, 6.07) is 0.300. The van der Waals surface area contributed by atoms with E-state index in [1.165, 1.54) is 0 Å². The minimum atomic E-state index is -3.47. The van der Waals surface area contributed by atoms with E-state index < -0.39 is 10.0 Å². The van der Waals surface area contributed by atoms with E-state index in [4.69, 9.17) is 0 Å². The van der Waals surface area contributed by atoms with E-state index in [9.17, 15) is 8.42 Å². The number of aromatic amines is 1. The van der Waals surface area contributed by atoms with Crippen LogP contribution in [-0.2, 0) is 16.6 Å². The maximum atomic E-state index is 12.8. The number of H-pyrrole nitrogens is 1. The standard InChI is InChI=1S/C14H26N4O2S/c1-11(2)15-9-13-10-16-17-14(13)21(19,20)18-7-4-5-12(3)6-8-18/h10-12,15H,4-9H2,1-3H3,(H,16,17). The second kappa shape index (κ2) is 6.89. The molecule has 0 saturated carbocycles. The summed E-state index contributed by atoms with van der Waals surface area (Å²) in [5.74, 6) is 0.592. The average molecular weight is 314 g/mol. The number of rotatable bonds is 5. The molecule has 1 atom stereocenters. The summed E-state index contributed by atoms with van der Waals surface area (Å²) in [5, 5.41) is 10.1. The van der Waals surface area contributed by atoms with Crippen LogP contribution in [0.3, 0.4) is 0 Å². The molecule has 1 fully saturated rings. The Bertz CT molecular complexity index is 553. The first kappa shape index (κ1) is 16.5. The number of nitrogens with one attached hydrogen (secondary N) is 2. The fourth-order valence-corrected chi connectivity index (χ4v) is 4.17. The highest BCUT2D eigenvalue weighted by atomic mass is 32.2. The van der Waals surface area contributed by atoms with E-state index >= 15 is 0 Å². The summed E-state index contributed by atoms with van der Waals surface area (Å²) < 4.78 is 27.2. The normalized spacial score (nSPS) is 21.6. The second-order valence-corrected chi connectivity index (χ2v) is 8.07. The van der Waals surface area contributed by atoms with Crippen LogP contribution in [0.2, 0.25) is 0 Å². The second-order valence-electron chi connectivity index (χ2n) is 6.20. The molecule has 1 aliphatic rings. The number of aromatic nitrogens is 2. The van der Waals surface area contributed by atoms with Crippen LogP contribution < -0.4 is 5.32 Å². The van der Waals surface area contributed by atoms with E-state index in [-0.39, 0.29) is 5.03 Å². The van der Waals surface area contributed by atoms with Gasteiger partial charge in [-0.15, -0.1) is 0 Å². The molecular formula is C14H26N4O2S. The summed E-state index contributed by atoms with van der Waals surface area (Å²) in [6.45, 7) is 7.95. The summed E-state index contributed by atoms with van der Waals surface area (Å²) in [5.41, 5.74) is 0.709. The molecule has 0 spiro atoms. The van der Waals surface area contributed by atoms with Gasteiger partial charge in [-0.25, -0.2) is 8.42 Å². The minimum absolute atomic E-state index is 0.241. The quantitative estimate of drug-likeness (QED) is 0.867. The van der Waals surface area contributed by atoms with E-state index in [1.54, 1.807) is 10.5 Å². The number of sulfonamides is 1. The van der Waals surface area contributed by atoms with Crippen molar-refractivity contribution in [3.05, 3.63) is 11.8 Å². The Labute approximate surface area is 127 Å².